The second kappa shape index (κ2) is 6.95. The van der Waals surface area contributed by atoms with E-state index < -0.39 is 14.9 Å². The van der Waals surface area contributed by atoms with E-state index in [0.717, 1.165) is 22.3 Å². The Morgan fingerprint density at radius 1 is 1.32 bits per heavy atom. The molecule has 1 aliphatic heterocycles. The Balaban J connectivity index is 1.98. The van der Waals surface area contributed by atoms with Crippen molar-refractivity contribution >= 4 is 39.1 Å². The summed E-state index contributed by atoms with van der Waals surface area (Å²) in [6.07, 6.45) is 0.641. The van der Waals surface area contributed by atoms with Crippen molar-refractivity contribution in [2.24, 2.45) is 0 Å². The third-order valence-electron chi connectivity index (χ3n) is 4.05. The first kappa shape index (κ1) is 18.2. The van der Waals surface area contributed by atoms with Gasteiger partial charge in [-0.2, -0.15) is 0 Å². The van der Waals surface area contributed by atoms with Gasteiger partial charge in [-0.05, 0) is 36.8 Å². The van der Waals surface area contributed by atoms with Gasteiger partial charge in [-0.1, -0.05) is 29.8 Å². The van der Waals surface area contributed by atoms with Crippen LogP contribution in [0.15, 0.2) is 46.2 Å². The molecule has 1 atom stereocenters. The monoisotopic (exact) mass is 398 g/mol. The van der Waals surface area contributed by atoms with Gasteiger partial charge in [0.25, 0.3) is 5.69 Å². The molecular formula is C16H15ClN2O4S2. The molecule has 0 bridgehead atoms. The third kappa shape index (κ3) is 3.67. The van der Waals surface area contributed by atoms with E-state index in [0.29, 0.717) is 6.42 Å². The summed E-state index contributed by atoms with van der Waals surface area (Å²) in [5.74, 6) is 0.791. The van der Waals surface area contributed by atoms with Crippen molar-refractivity contribution in [2.75, 3.05) is 5.75 Å². The number of hydrogen-bond acceptors (Lipinski definition) is 5. The Bertz CT molecular complexity index is 947. The molecule has 0 radical (unpaired) electrons. The number of hydrogen-bond donors (Lipinski definition) is 1. The fourth-order valence-electron chi connectivity index (χ4n) is 2.70. The maximum absolute atomic E-state index is 12.7. The number of rotatable bonds is 4. The number of sulfonamides is 1. The Kier molecular flexibility index (Phi) is 5.06. The summed E-state index contributed by atoms with van der Waals surface area (Å²) in [5.41, 5.74) is 0.840. The number of nitrogens with zero attached hydrogens (tertiary/aromatic N) is 1. The summed E-state index contributed by atoms with van der Waals surface area (Å²) in [6, 6.07) is 9.53. The Labute approximate surface area is 154 Å². The molecule has 1 heterocycles. The smallest absolute Gasteiger partial charge is 0.258 e. The molecule has 3 rings (SSSR count). The van der Waals surface area contributed by atoms with Crippen molar-refractivity contribution < 1.29 is 13.3 Å². The lowest BCUT2D eigenvalue weighted by Crippen LogP contribution is -2.30. The van der Waals surface area contributed by atoms with Crippen molar-refractivity contribution in [1.29, 1.82) is 0 Å². The molecule has 132 valence electrons. The van der Waals surface area contributed by atoms with E-state index in [1.54, 1.807) is 11.8 Å². The zero-order valence-corrected chi connectivity index (χ0v) is 15.6. The number of benzene rings is 2. The largest absolute Gasteiger partial charge is 0.275 e. The highest BCUT2D eigenvalue weighted by Crippen LogP contribution is 2.37. The third-order valence-corrected chi connectivity index (χ3v) is 7.02. The van der Waals surface area contributed by atoms with E-state index in [1.807, 2.05) is 24.3 Å². The molecule has 0 amide bonds. The molecular weight excluding hydrogens is 384 g/mol. The average molecular weight is 399 g/mol. The lowest BCUT2D eigenvalue weighted by molar-refractivity contribution is -0.385. The predicted octanol–water partition coefficient (Wildman–Crippen LogP) is 4.07. The fourth-order valence-corrected chi connectivity index (χ4v) is 5.40. The van der Waals surface area contributed by atoms with Gasteiger partial charge >= 0.3 is 0 Å². The highest BCUT2D eigenvalue weighted by molar-refractivity contribution is 7.99. The van der Waals surface area contributed by atoms with Crippen LogP contribution in [0.5, 0.6) is 0 Å². The van der Waals surface area contributed by atoms with Crippen molar-refractivity contribution in [3.8, 4) is 0 Å². The van der Waals surface area contributed by atoms with Crippen molar-refractivity contribution in [1.82, 2.24) is 4.72 Å². The molecule has 9 heteroatoms. The molecule has 0 saturated carbocycles. The zero-order valence-electron chi connectivity index (χ0n) is 13.2. The standard InChI is InChI=1S/C16H15ClN2O4S2/c1-10-13(17)8-11(9-15(10)19(20)21)25(22,23)18-14-6-7-24-16-5-3-2-4-12(14)16/h2-5,8-9,14,18H,6-7H2,1H3/t14-/m1/s1. The first-order valence-corrected chi connectivity index (χ1v) is 10.3. The van der Waals surface area contributed by atoms with Gasteiger partial charge in [0, 0.05) is 22.6 Å². The highest BCUT2D eigenvalue weighted by atomic mass is 35.5. The second-order valence-corrected chi connectivity index (χ2v) is 8.91. The van der Waals surface area contributed by atoms with Crippen LogP contribution < -0.4 is 4.72 Å². The lowest BCUT2D eigenvalue weighted by Gasteiger charge is -2.25. The quantitative estimate of drug-likeness (QED) is 0.619. The minimum absolute atomic E-state index is 0.0502. The van der Waals surface area contributed by atoms with Crippen LogP contribution in [0.3, 0.4) is 0 Å². The topological polar surface area (TPSA) is 89.3 Å². The lowest BCUT2D eigenvalue weighted by atomic mass is 10.1. The number of nitrogens with one attached hydrogen (secondary N) is 1. The molecule has 6 nitrogen and oxygen atoms in total. The molecule has 0 unspecified atom stereocenters. The van der Waals surface area contributed by atoms with Gasteiger partial charge in [-0.3, -0.25) is 10.1 Å². The number of thioether (sulfide) groups is 1. The molecule has 25 heavy (non-hydrogen) atoms. The Morgan fingerprint density at radius 3 is 2.76 bits per heavy atom. The summed E-state index contributed by atoms with van der Waals surface area (Å²) in [7, 11) is -3.95. The summed E-state index contributed by atoms with van der Waals surface area (Å²) < 4.78 is 28.2. The molecule has 1 aliphatic rings. The van der Waals surface area contributed by atoms with Crippen molar-refractivity contribution in [2.45, 2.75) is 29.2 Å². The number of halogens is 1. The maximum Gasteiger partial charge on any atom is 0.275 e. The van der Waals surface area contributed by atoms with Gasteiger partial charge < -0.3 is 0 Å². The van der Waals surface area contributed by atoms with Crippen molar-refractivity contribution in [3.05, 3.63) is 62.7 Å². The number of nitro groups is 1. The van der Waals surface area contributed by atoms with Gasteiger partial charge in [-0.25, -0.2) is 13.1 Å². The second-order valence-electron chi connectivity index (χ2n) is 5.66. The van der Waals surface area contributed by atoms with Crippen LogP contribution in [0, 0.1) is 17.0 Å². The van der Waals surface area contributed by atoms with Crippen LogP contribution in [0.2, 0.25) is 5.02 Å². The van der Waals surface area contributed by atoms with Gasteiger partial charge in [0.15, 0.2) is 0 Å². The van der Waals surface area contributed by atoms with Gasteiger partial charge in [0.05, 0.1) is 14.8 Å². The SMILES string of the molecule is Cc1c(Cl)cc(S(=O)(=O)N[C@@H]2CCSc3ccccc32)cc1[N+](=O)[O-]. The molecule has 1 N–H and O–H groups in total. The van der Waals surface area contributed by atoms with Crippen molar-refractivity contribution in [3.63, 3.8) is 0 Å². The molecule has 0 spiro atoms. The van der Waals surface area contributed by atoms with Gasteiger partial charge in [0.2, 0.25) is 10.0 Å². The Hall–Kier alpha value is -1.61. The van der Waals surface area contributed by atoms with Crippen LogP contribution >= 0.6 is 23.4 Å². The number of nitro benzene ring substituents is 1. The minimum atomic E-state index is -3.95. The molecule has 0 fully saturated rings. The zero-order chi connectivity index (χ0) is 18.2. The molecule has 0 saturated heterocycles. The first-order valence-electron chi connectivity index (χ1n) is 7.48. The molecule has 0 aromatic heterocycles. The van der Waals surface area contributed by atoms with E-state index in [4.69, 9.17) is 11.6 Å². The highest BCUT2D eigenvalue weighted by Gasteiger charge is 2.28. The summed E-state index contributed by atoms with van der Waals surface area (Å²) in [6.45, 7) is 1.49. The average Bonchev–Trinajstić information content (AvgIpc) is 2.57. The van der Waals surface area contributed by atoms with E-state index >= 15 is 0 Å². The molecule has 2 aromatic rings. The predicted molar refractivity (Wildman–Crippen MR) is 97.7 cm³/mol. The van der Waals surface area contributed by atoms with Gasteiger partial charge in [-0.15, -0.1) is 11.8 Å². The van der Waals surface area contributed by atoms with Crippen LogP contribution in [0.25, 0.3) is 0 Å². The number of fused-ring (bicyclic) bond motifs is 1. The van der Waals surface area contributed by atoms with Crippen LogP contribution in [-0.2, 0) is 10.0 Å². The van der Waals surface area contributed by atoms with Crippen LogP contribution in [-0.4, -0.2) is 19.1 Å². The summed E-state index contributed by atoms with van der Waals surface area (Å²) in [5, 5.41) is 11.2. The first-order chi connectivity index (χ1) is 11.8. The fraction of sp³-hybridized carbons (Fsp3) is 0.250. The summed E-state index contributed by atoms with van der Waals surface area (Å²) in [4.78, 5) is 11.3. The van der Waals surface area contributed by atoms with Crippen LogP contribution in [0.1, 0.15) is 23.6 Å². The van der Waals surface area contributed by atoms with E-state index in [1.165, 1.54) is 13.0 Å². The Morgan fingerprint density at radius 2 is 2.04 bits per heavy atom. The van der Waals surface area contributed by atoms with E-state index in [9.17, 15) is 18.5 Å². The maximum atomic E-state index is 12.7. The van der Waals surface area contributed by atoms with E-state index in [-0.39, 0.29) is 27.2 Å². The van der Waals surface area contributed by atoms with Gasteiger partial charge in [0.1, 0.15) is 0 Å². The molecule has 0 aliphatic carbocycles. The summed E-state index contributed by atoms with van der Waals surface area (Å²) >= 11 is 7.67. The normalized spacial score (nSPS) is 17.1. The minimum Gasteiger partial charge on any atom is -0.258 e. The molecule has 2 aromatic carbocycles. The van der Waals surface area contributed by atoms with Crippen LogP contribution in [0.4, 0.5) is 5.69 Å². The van der Waals surface area contributed by atoms with E-state index in [2.05, 4.69) is 4.72 Å².